The third kappa shape index (κ3) is 7.26. The lowest BCUT2D eigenvalue weighted by Gasteiger charge is -2.28. The van der Waals surface area contributed by atoms with Crippen molar-refractivity contribution < 1.29 is 9.59 Å². The lowest BCUT2D eigenvalue weighted by atomic mass is 10.1. The van der Waals surface area contributed by atoms with E-state index in [0.29, 0.717) is 19.5 Å². The monoisotopic (exact) mass is 345 g/mol. The first-order valence-electron chi connectivity index (χ1n) is 9.47. The van der Waals surface area contributed by atoms with Gasteiger partial charge in [-0.05, 0) is 44.3 Å². The maximum Gasteiger partial charge on any atom is 0.220 e. The lowest BCUT2D eigenvalue weighted by Crippen LogP contribution is -2.36. The normalized spacial score (nSPS) is 15.7. The van der Waals surface area contributed by atoms with Crippen LogP contribution in [0.2, 0.25) is 0 Å². The van der Waals surface area contributed by atoms with Gasteiger partial charge in [0.2, 0.25) is 11.8 Å². The molecule has 1 unspecified atom stereocenters. The molecule has 0 radical (unpaired) electrons. The van der Waals surface area contributed by atoms with Gasteiger partial charge in [0.25, 0.3) is 0 Å². The molecule has 2 rings (SSSR count). The maximum absolute atomic E-state index is 12.1. The van der Waals surface area contributed by atoms with Crippen molar-refractivity contribution in [2.75, 3.05) is 26.2 Å². The average molecular weight is 345 g/mol. The fraction of sp³-hybridized carbons (Fsp3) is 0.600. The molecule has 138 valence electrons. The molecular weight excluding hydrogens is 314 g/mol. The molecule has 0 spiro atoms. The first-order valence-corrected chi connectivity index (χ1v) is 9.47. The van der Waals surface area contributed by atoms with Crippen molar-refractivity contribution in [1.82, 2.24) is 15.5 Å². The Balaban J connectivity index is 1.71. The summed E-state index contributed by atoms with van der Waals surface area (Å²) in [6, 6.07) is 10.7. The largest absolute Gasteiger partial charge is 0.356 e. The van der Waals surface area contributed by atoms with Gasteiger partial charge in [0.15, 0.2) is 0 Å². The number of hydrogen-bond donors (Lipinski definition) is 2. The van der Waals surface area contributed by atoms with Crippen LogP contribution in [0.4, 0.5) is 0 Å². The second-order valence-electron chi connectivity index (χ2n) is 6.77. The summed E-state index contributed by atoms with van der Waals surface area (Å²) in [5.74, 6) is 0.131. The van der Waals surface area contributed by atoms with Gasteiger partial charge in [-0.15, -0.1) is 0 Å². The smallest absolute Gasteiger partial charge is 0.220 e. The number of unbranched alkanes of at least 4 members (excludes halogenated alkanes) is 2. The Labute approximate surface area is 151 Å². The summed E-state index contributed by atoms with van der Waals surface area (Å²) in [7, 11) is 0. The van der Waals surface area contributed by atoms with E-state index in [9.17, 15) is 9.59 Å². The quantitative estimate of drug-likeness (QED) is 0.641. The summed E-state index contributed by atoms with van der Waals surface area (Å²) in [5, 5.41) is 5.90. The van der Waals surface area contributed by atoms with Crippen LogP contribution in [0.15, 0.2) is 30.3 Å². The van der Waals surface area contributed by atoms with Crippen LogP contribution in [0.5, 0.6) is 0 Å². The number of rotatable bonds is 10. The van der Waals surface area contributed by atoms with Gasteiger partial charge in [-0.1, -0.05) is 36.8 Å². The van der Waals surface area contributed by atoms with Gasteiger partial charge in [0.05, 0.1) is 6.04 Å². The van der Waals surface area contributed by atoms with Gasteiger partial charge in [0, 0.05) is 26.4 Å². The predicted octanol–water partition coefficient (Wildman–Crippen LogP) is 2.64. The molecule has 0 aliphatic carbocycles. The van der Waals surface area contributed by atoms with Crippen LogP contribution in [-0.2, 0) is 9.59 Å². The van der Waals surface area contributed by atoms with Crippen LogP contribution < -0.4 is 10.6 Å². The van der Waals surface area contributed by atoms with Crippen LogP contribution in [0.25, 0.3) is 0 Å². The fourth-order valence-corrected chi connectivity index (χ4v) is 3.34. The van der Waals surface area contributed by atoms with E-state index in [2.05, 4.69) is 39.8 Å². The number of amides is 2. The molecule has 1 aliphatic heterocycles. The van der Waals surface area contributed by atoms with Crippen molar-refractivity contribution in [1.29, 1.82) is 0 Å². The SMILES string of the molecule is CC(=O)NCCCCCC(=O)NCC(c1ccccc1)N1CCCC1. The Hall–Kier alpha value is -1.88. The zero-order valence-corrected chi connectivity index (χ0v) is 15.3. The van der Waals surface area contributed by atoms with Crippen molar-refractivity contribution in [3.05, 3.63) is 35.9 Å². The highest BCUT2D eigenvalue weighted by Crippen LogP contribution is 2.24. The van der Waals surface area contributed by atoms with Gasteiger partial charge < -0.3 is 10.6 Å². The van der Waals surface area contributed by atoms with Gasteiger partial charge in [-0.2, -0.15) is 0 Å². The minimum atomic E-state index is 0.00612. The number of nitrogens with one attached hydrogen (secondary N) is 2. The molecule has 0 saturated carbocycles. The average Bonchev–Trinajstić information content (AvgIpc) is 3.13. The highest BCUT2D eigenvalue weighted by atomic mass is 16.2. The third-order valence-electron chi connectivity index (χ3n) is 4.71. The Morgan fingerprint density at radius 2 is 1.76 bits per heavy atom. The van der Waals surface area contributed by atoms with Crippen LogP contribution in [0, 0.1) is 0 Å². The van der Waals surface area contributed by atoms with Crippen LogP contribution in [-0.4, -0.2) is 42.9 Å². The number of carbonyl (C=O) groups excluding carboxylic acids is 2. The van der Waals surface area contributed by atoms with Crippen molar-refractivity contribution >= 4 is 11.8 Å². The van der Waals surface area contributed by atoms with Crippen molar-refractivity contribution in [2.24, 2.45) is 0 Å². The summed E-state index contributed by atoms with van der Waals surface area (Å²) in [4.78, 5) is 25.4. The lowest BCUT2D eigenvalue weighted by molar-refractivity contribution is -0.121. The molecule has 2 N–H and O–H groups in total. The predicted molar refractivity (Wildman–Crippen MR) is 100 cm³/mol. The molecule has 0 bridgehead atoms. The Bertz CT molecular complexity index is 527. The minimum Gasteiger partial charge on any atom is -0.356 e. The standard InChI is InChI=1S/C20H31N3O2/c1-17(24)21-13-7-3-6-12-20(25)22-16-19(23-14-8-9-15-23)18-10-4-2-5-11-18/h2,4-5,10-11,19H,3,6-9,12-16H2,1H3,(H,21,24)(H,22,25). The summed E-state index contributed by atoms with van der Waals surface area (Å²) in [6.45, 7) is 5.12. The number of carbonyl (C=O) groups is 2. The molecule has 0 aromatic heterocycles. The van der Waals surface area contributed by atoms with E-state index < -0.39 is 0 Å². The molecule has 1 heterocycles. The van der Waals surface area contributed by atoms with Crippen molar-refractivity contribution in [3.63, 3.8) is 0 Å². The molecule has 1 aromatic rings. The molecule has 5 nitrogen and oxygen atoms in total. The number of hydrogen-bond acceptors (Lipinski definition) is 3. The number of likely N-dealkylation sites (tertiary alicyclic amines) is 1. The van der Waals surface area contributed by atoms with Crippen molar-refractivity contribution in [2.45, 2.75) is 51.5 Å². The molecule has 1 saturated heterocycles. The first-order chi connectivity index (χ1) is 12.2. The van der Waals surface area contributed by atoms with Gasteiger partial charge in [-0.3, -0.25) is 14.5 Å². The Morgan fingerprint density at radius 1 is 1.04 bits per heavy atom. The molecule has 1 aromatic carbocycles. The molecule has 25 heavy (non-hydrogen) atoms. The van der Waals surface area contributed by atoms with E-state index in [-0.39, 0.29) is 17.9 Å². The van der Waals surface area contributed by atoms with E-state index >= 15 is 0 Å². The zero-order chi connectivity index (χ0) is 17.9. The Morgan fingerprint density at radius 3 is 2.44 bits per heavy atom. The molecule has 5 heteroatoms. The van der Waals surface area contributed by atoms with E-state index in [1.165, 1.54) is 25.3 Å². The summed E-state index contributed by atoms with van der Waals surface area (Å²) in [6.07, 6.45) is 5.79. The fourth-order valence-electron chi connectivity index (χ4n) is 3.34. The highest BCUT2D eigenvalue weighted by Gasteiger charge is 2.23. The molecule has 1 fully saturated rings. The third-order valence-corrected chi connectivity index (χ3v) is 4.71. The Kier molecular flexibility index (Phi) is 8.46. The summed E-state index contributed by atoms with van der Waals surface area (Å²) >= 11 is 0. The van der Waals surface area contributed by atoms with Crippen molar-refractivity contribution in [3.8, 4) is 0 Å². The van der Waals surface area contributed by atoms with E-state index in [4.69, 9.17) is 0 Å². The maximum atomic E-state index is 12.1. The van der Waals surface area contributed by atoms with Gasteiger partial charge in [-0.25, -0.2) is 0 Å². The van der Waals surface area contributed by atoms with Gasteiger partial charge in [0.1, 0.15) is 0 Å². The topological polar surface area (TPSA) is 61.4 Å². The van der Waals surface area contributed by atoms with Crippen LogP contribution >= 0.6 is 0 Å². The molecule has 1 aliphatic rings. The molecule has 2 amide bonds. The second-order valence-corrected chi connectivity index (χ2v) is 6.77. The molecular formula is C20H31N3O2. The second kappa shape index (κ2) is 10.9. The van der Waals surface area contributed by atoms with Crippen LogP contribution in [0.1, 0.15) is 57.1 Å². The molecule has 1 atom stereocenters. The van der Waals surface area contributed by atoms with E-state index in [1.54, 1.807) is 0 Å². The number of nitrogens with zero attached hydrogens (tertiary/aromatic N) is 1. The highest BCUT2D eigenvalue weighted by molar-refractivity contribution is 5.75. The summed E-state index contributed by atoms with van der Waals surface area (Å²) in [5.41, 5.74) is 1.28. The van der Waals surface area contributed by atoms with E-state index in [0.717, 1.165) is 32.4 Å². The number of benzene rings is 1. The summed E-state index contributed by atoms with van der Waals surface area (Å²) < 4.78 is 0. The first kappa shape index (κ1) is 19.4. The minimum absolute atomic E-state index is 0.00612. The van der Waals surface area contributed by atoms with E-state index in [1.807, 2.05) is 6.07 Å². The van der Waals surface area contributed by atoms with Crippen LogP contribution in [0.3, 0.4) is 0 Å². The zero-order valence-electron chi connectivity index (χ0n) is 15.3. The van der Waals surface area contributed by atoms with Gasteiger partial charge >= 0.3 is 0 Å².